The van der Waals surface area contributed by atoms with Crippen LogP contribution in [0, 0.1) is 0 Å². The van der Waals surface area contributed by atoms with Gasteiger partial charge in [0.25, 0.3) is 0 Å². The van der Waals surface area contributed by atoms with E-state index in [-0.39, 0.29) is 0 Å². The van der Waals surface area contributed by atoms with Gasteiger partial charge in [-0.25, -0.2) is 0 Å². The van der Waals surface area contributed by atoms with Crippen molar-refractivity contribution in [1.82, 2.24) is 0 Å². The Hall–Kier alpha value is -0.915. The van der Waals surface area contributed by atoms with E-state index >= 15 is 0 Å². The fourth-order valence-corrected chi connectivity index (χ4v) is 2.24. The molecule has 1 aromatic carbocycles. The highest BCUT2D eigenvalue weighted by atomic mass is 16.3. The van der Waals surface area contributed by atoms with Gasteiger partial charge in [-0.15, -0.1) is 0 Å². The maximum absolute atomic E-state index is 9.75. The average Bonchev–Trinajstić information content (AvgIpc) is 2.29. The summed E-state index contributed by atoms with van der Waals surface area (Å²) in [6.45, 7) is 5.21. The average molecular weight is 218 g/mol. The number of benzene rings is 1. The molecule has 0 saturated carbocycles. The van der Waals surface area contributed by atoms with Crippen LogP contribution in [0.3, 0.4) is 0 Å². The summed E-state index contributed by atoms with van der Waals surface area (Å²) in [6, 6.07) is 7.74. The van der Waals surface area contributed by atoms with Gasteiger partial charge in [-0.1, -0.05) is 63.9 Å². The van der Waals surface area contributed by atoms with Gasteiger partial charge in [0, 0.05) is 0 Å². The standard InChI is InChI=1S/C14H23BO/c1-3-5-11-15(10-4-2)12-13-8-6-7-9-14(13)16/h6-9,16H,3-5,10-12H2,1-2H3. The Balaban J connectivity index is 2.56. The molecule has 2 heteroatoms. The molecule has 1 N–H and O–H groups in total. The minimum absolute atomic E-state index is 0.458. The summed E-state index contributed by atoms with van der Waals surface area (Å²) in [5.74, 6) is 0.458. The molecule has 1 aromatic rings. The van der Waals surface area contributed by atoms with Crippen LogP contribution in [0.15, 0.2) is 24.3 Å². The van der Waals surface area contributed by atoms with Crippen LogP contribution in [0.25, 0.3) is 0 Å². The van der Waals surface area contributed by atoms with Crippen molar-refractivity contribution in [3.63, 3.8) is 0 Å². The third-order valence-corrected chi connectivity index (χ3v) is 3.16. The quantitative estimate of drug-likeness (QED) is 0.680. The first-order valence-corrected chi connectivity index (χ1v) is 6.54. The number of phenolic OH excluding ortho intramolecular Hbond substituents is 1. The molecule has 0 heterocycles. The molecule has 0 unspecified atom stereocenters. The summed E-state index contributed by atoms with van der Waals surface area (Å²) in [6.07, 6.45) is 7.40. The maximum Gasteiger partial charge on any atom is 0.144 e. The lowest BCUT2D eigenvalue weighted by Gasteiger charge is -2.13. The third kappa shape index (κ3) is 4.30. The first-order chi connectivity index (χ1) is 7.77. The van der Waals surface area contributed by atoms with Crippen LogP contribution >= 0.6 is 0 Å². The van der Waals surface area contributed by atoms with Crippen LogP contribution in [-0.2, 0) is 6.32 Å². The van der Waals surface area contributed by atoms with Crippen molar-refractivity contribution in [2.45, 2.75) is 52.1 Å². The molecule has 0 aromatic heterocycles. The molecule has 1 nitrogen and oxygen atoms in total. The molecule has 88 valence electrons. The largest absolute Gasteiger partial charge is 0.508 e. The fourth-order valence-electron chi connectivity index (χ4n) is 2.24. The van der Waals surface area contributed by atoms with E-state index in [4.69, 9.17) is 0 Å². The molecular formula is C14H23BO. The zero-order valence-electron chi connectivity index (χ0n) is 10.6. The second-order valence-electron chi connectivity index (χ2n) is 4.63. The first kappa shape index (κ1) is 13.2. The first-order valence-electron chi connectivity index (χ1n) is 6.54. The van der Waals surface area contributed by atoms with Gasteiger partial charge in [0.05, 0.1) is 0 Å². The Morgan fingerprint density at radius 1 is 1.06 bits per heavy atom. The van der Waals surface area contributed by atoms with E-state index in [1.165, 1.54) is 31.9 Å². The van der Waals surface area contributed by atoms with Crippen molar-refractivity contribution >= 4 is 6.71 Å². The Bertz CT molecular complexity index is 299. The van der Waals surface area contributed by atoms with Crippen LogP contribution in [0.2, 0.25) is 12.6 Å². The summed E-state index contributed by atoms with van der Waals surface area (Å²) in [7, 11) is 0. The Labute approximate surface area is 100.0 Å². The molecule has 1 rings (SSSR count). The minimum atomic E-state index is 0.458. The number of hydrogen-bond acceptors (Lipinski definition) is 1. The van der Waals surface area contributed by atoms with E-state index in [0.717, 1.165) is 18.6 Å². The smallest absolute Gasteiger partial charge is 0.144 e. The van der Waals surface area contributed by atoms with E-state index < -0.39 is 0 Å². The number of unbranched alkanes of at least 4 members (excludes halogenated alkanes) is 1. The molecule has 0 aliphatic carbocycles. The number of para-hydroxylation sites is 1. The summed E-state index contributed by atoms with van der Waals surface area (Å²) in [5.41, 5.74) is 1.11. The molecule has 0 aliphatic heterocycles. The van der Waals surface area contributed by atoms with E-state index in [1.807, 2.05) is 18.2 Å². The van der Waals surface area contributed by atoms with Crippen molar-refractivity contribution < 1.29 is 5.11 Å². The zero-order chi connectivity index (χ0) is 11.8. The van der Waals surface area contributed by atoms with Crippen LogP contribution in [0.1, 0.15) is 38.7 Å². The fraction of sp³-hybridized carbons (Fsp3) is 0.571. The second kappa shape index (κ2) is 7.37. The second-order valence-corrected chi connectivity index (χ2v) is 4.63. The molecule has 0 amide bonds. The van der Waals surface area contributed by atoms with Gasteiger partial charge in [-0.2, -0.15) is 0 Å². The number of rotatable bonds is 7. The van der Waals surface area contributed by atoms with Crippen molar-refractivity contribution in [2.24, 2.45) is 0 Å². The van der Waals surface area contributed by atoms with Crippen molar-refractivity contribution in [3.8, 4) is 5.75 Å². The molecule has 0 saturated heterocycles. The Kier molecular flexibility index (Phi) is 6.06. The lowest BCUT2D eigenvalue weighted by atomic mass is 9.41. The monoisotopic (exact) mass is 218 g/mol. The maximum atomic E-state index is 9.75. The van der Waals surface area contributed by atoms with Gasteiger partial charge in [-0.3, -0.25) is 0 Å². The molecule has 0 spiro atoms. The molecular weight excluding hydrogens is 195 g/mol. The summed E-state index contributed by atoms with van der Waals surface area (Å²) < 4.78 is 0. The molecule has 0 radical (unpaired) electrons. The molecule has 16 heavy (non-hydrogen) atoms. The van der Waals surface area contributed by atoms with E-state index in [0.29, 0.717) is 5.75 Å². The van der Waals surface area contributed by atoms with Crippen LogP contribution in [0.5, 0.6) is 5.75 Å². The number of aromatic hydroxyl groups is 1. The van der Waals surface area contributed by atoms with Gasteiger partial charge in [0.15, 0.2) is 0 Å². The predicted molar refractivity (Wildman–Crippen MR) is 72.4 cm³/mol. The minimum Gasteiger partial charge on any atom is -0.508 e. The van der Waals surface area contributed by atoms with Crippen molar-refractivity contribution in [1.29, 1.82) is 0 Å². The summed E-state index contributed by atoms with van der Waals surface area (Å²) in [4.78, 5) is 0. The van der Waals surface area contributed by atoms with Gasteiger partial charge in [0.1, 0.15) is 12.5 Å². The van der Waals surface area contributed by atoms with Crippen molar-refractivity contribution in [3.05, 3.63) is 29.8 Å². The van der Waals surface area contributed by atoms with E-state index in [2.05, 4.69) is 13.8 Å². The van der Waals surface area contributed by atoms with Crippen LogP contribution in [-0.4, -0.2) is 11.8 Å². The SMILES string of the molecule is CCCCB(CCC)Cc1ccccc1O. The highest BCUT2D eigenvalue weighted by Crippen LogP contribution is 2.20. The van der Waals surface area contributed by atoms with E-state index in [1.54, 1.807) is 6.07 Å². The molecule has 0 aliphatic rings. The lowest BCUT2D eigenvalue weighted by Crippen LogP contribution is -2.16. The Morgan fingerprint density at radius 2 is 1.81 bits per heavy atom. The summed E-state index contributed by atoms with van der Waals surface area (Å²) >= 11 is 0. The van der Waals surface area contributed by atoms with Crippen molar-refractivity contribution in [2.75, 3.05) is 0 Å². The van der Waals surface area contributed by atoms with Crippen LogP contribution < -0.4 is 0 Å². The topological polar surface area (TPSA) is 20.2 Å². The zero-order valence-corrected chi connectivity index (χ0v) is 10.6. The third-order valence-electron chi connectivity index (χ3n) is 3.16. The van der Waals surface area contributed by atoms with Gasteiger partial charge in [-0.05, 0) is 17.9 Å². The van der Waals surface area contributed by atoms with Crippen LogP contribution in [0.4, 0.5) is 0 Å². The van der Waals surface area contributed by atoms with E-state index in [9.17, 15) is 5.11 Å². The molecule has 0 fully saturated rings. The molecule has 0 atom stereocenters. The van der Waals surface area contributed by atoms with Gasteiger partial charge in [0.2, 0.25) is 0 Å². The predicted octanol–water partition coefficient (Wildman–Crippen LogP) is 4.18. The van der Waals surface area contributed by atoms with Gasteiger partial charge < -0.3 is 5.11 Å². The Morgan fingerprint density at radius 3 is 2.44 bits per heavy atom. The lowest BCUT2D eigenvalue weighted by molar-refractivity contribution is 0.470. The molecule has 0 bridgehead atoms. The van der Waals surface area contributed by atoms with Gasteiger partial charge >= 0.3 is 0 Å². The summed E-state index contributed by atoms with van der Waals surface area (Å²) in [5, 5.41) is 9.75. The highest BCUT2D eigenvalue weighted by Gasteiger charge is 2.14. The number of hydrogen-bond donors (Lipinski definition) is 1. The highest BCUT2D eigenvalue weighted by molar-refractivity contribution is 6.58. The number of phenols is 1. The normalized spacial score (nSPS) is 10.4.